The van der Waals surface area contributed by atoms with Gasteiger partial charge in [0.15, 0.2) is 0 Å². The van der Waals surface area contributed by atoms with E-state index in [9.17, 15) is 9.70 Å². The van der Waals surface area contributed by atoms with Crippen molar-refractivity contribution in [1.82, 2.24) is 0 Å². The van der Waals surface area contributed by atoms with Crippen LogP contribution in [0.5, 0.6) is 5.75 Å². The first-order valence-electron chi connectivity index (χ1n) is 7.64. The number of nitrogen functional groups attached to an aromatic ring is 1. The van der Waals surface area contributed by atoms with E-state index in [1.165, 1.54) is 0 Å². The summed E-state index contributed by atoms with van der Waals surface area (Å²) in [6.07, 6.45) is 3.01. The van der Waals surface area contributed by atoms with Gasteiger partial charge in [0.2, 0.25) is 0 Å². The van der Waals surface area contributed by atoms with Gasteiger partial charge in [-0.2, -0.15) is 4.91 Å². The SMILES string of the molecule is CCCCOc1cc(C(=O)OCCC(CC)N=O)ccc1N. The molecule has 1 aromatic carbocycles. The second-order valence-electron chi connectivity index (χ2n) is 5.05. The molecular weight excluding hydrogens is 284 g/mol. The molecule has 1 rings (SSSR count). The van der Waals surface area contributed by atoms with Gasteiger partial charge < -0.3 is 15.2 Å². The van der Waals surface area contributed by atoms with Crippen molar-refractivity contribution < 1.29 is 14.3 Å². The van der Waals surface area contributed by atoms with Crippen LogP contribution in [0.1, 0.15) is 49.9 Å². The first-order chi connectivity index (χ1) is 10.6. The standard InChI is InChI=1S/C16H24N2O4/c1-3-5-9-21-15-11-12(6-7-14(15)17)16(19)22-10-8-13(4-2)18-20/h6-7,11,13H,3-5,8-10,17H2,1-2H3. The monoisotopic (exact) mass is 308 g/mol. The summed E-state index contributed by atoms with van der Waals surface area (Å²) in [5.74, 6) is 0.0324. The Morgan fingerprint density at radius 1 is 1.32 bits per heavy atom. The zero-order chi connectivity index (χ0) is 16.4. The van der Waals surface area contributed by atoms with Gasteiger partial charge in [0, 0.05) is 6.42 Å². The third kappa shape index (κ3) is 5.71. The highest BCUT2D eigenvalue weighted by atomic mass is 16.5. The molecule has 1 atom stereocenters. The number of hydrogen-bond acceptors (Lipinski definition) is 6. The number of nitroso groups, excluding NO2 is 1. The van der Waals surface area contributed by atoms with Gasteiger partial charge in [-0.05, 0) is 31.0 Å². The quantitative estimate of drug-likeness (QED) is 0.309. The number of hydrogen-bond donors (Lipinski definition) is 1. The van der Waals surface area contributed by atoms with Crippen molar-refractivity contribution in [1.29, 1.82) is 0 Å². The van der Waals surface area contributed by atoms with E-state index < -0.39 is 5.97 Å². The maximum Gasteiger partial charge on any atom is 0.338 e. The van der Waals surface area contributed by atoms with Crippen molar-refractivity contribution in [3.8, 4) is 5.75 Å². The Labute approximate surface area is 131 Å². The molecule has 0 saturated carbocycles. The summed E-state index contributed by atoms with van der Waals surface area (Å²) < 4.78 is 10.7. The molecule has 0 aromatic heterocycles. The van der Waals surface area contributed by atoms with E-state index in [0.29, 0.717) is 36.4 Å². The van der Waals surface area contributed by atoms with E-state index in [2.05, 4.69) is 12.1 Å². The molecule has 6 heteroatoms. The number of benzene rings is 1. The molecule has 22 heavy (non-hydrogen) atoms. The predicted molar refractivity (Wildman–Crippen MR) is 86.0 cm³/mol. The van der Waals surface area contributed by atoms with Gasteiger partial charge in [-0.1, -0.05) is 25.4 Å². The van der Waals surface area contributed by atoms with E-state index in [-0.39, 0.29) is 12.6 Å². The molecule has 0 aliphatic heterocycles. The fraction of sp³-hybridized carbons (Fsp3) is 0.562. The number of carbonyl (C=O) groups excluding carboxylic acids is 1. The summed E-state index contributed by atoms with van der Waals surface area (Å²) in [5, 5.41) is 2.97. The molecule has 0 radical (unpaired) electrons. The highest BCUT2D eigenvalue weighted by Crippen LogP contribution is 2.23. The maximum atomic E-state index is 12.0. The number of esters is 1. The minimum Gasteiger partial charge on any atom is -0.491 e. The van der Waals surface area contributed by atoms with Crippen LogP contribution in [0, 0.1) is 4.91 Å². The Hall–Kier alpha value is -2.11. The van der Waals surface area contributed by atoms with Crippen molar-refractivity contribution >= 4 is 11.7 Å². The third-order valence-electron chi connectivity index (χ3n) is 3.31. The number of nitrogens with two attached hydrogens (primary N) is 1. The highest BCUT2D eigenvalue weighted by molar-refractivity contribution is 5.90. The van der Waals surface area contributed by atoms with Gasteiger partial charge in [0.25, 0.3) is 0 Å². The molecule has 0 saturated heterocycles. The number of rotatable bonds is 10. The Balaban J connectivity index is 2.57. The van der Waals surface area contributed by atoms with Crippen molar-refractivity contribution in [2.24, 2.45) is 5.18 Å². The number of anilines is 1. The molecule has 2 N–H and O–H groups in total. The van der Waals surface area contributed by atoms with Gasteiger partial charge in [0.1, 0.15) is 5.75 Å². The Morgan fingerprint density at radius 3 is 2.73 bits per heavy atom. The van der Waals surface area contributed by atoms with Crippen LogP contribution in [0.15, 0.2) is 23.4 Å². The molecule has 122 valence electrons. The molecule has 0 aliphatic rings. The van der Waals surface area contributed by atoms with Crippen LogP contribution in [0.3, 0.4) is 0 Å². The minimum atomic E-state index is -0.457. The van der Waals surface area contributed by atoms with Crippen LogP contribution in [-0.4, -0.2) is 25.2 Å². The molecule has 0 heterocycles. The van der Waals surface area contributed by atoms with E-state index in [1.54, 1.807) is 18.2 Å². The molecule has 6 nitrogen and oxygen atoms in total. The summed E-state index contributed by atoms with van der Waals surface area (Å²) in [7, 11) is 0. The lowest BCUT2D eigenvalue weighted by atomic mass is 10.2. The van der Waals surface area contributed by atoms with Crippen LogP contribution in [0.2, 0.25) is 0 Å². The number of carbonyl (C=O) groups is 1. The third-order valence-corrected chi connectivity index (χ3v) is 3.31. The lowest BCUT2D eigenvalue weighted by Crippen LogP contribution is -2.12. The van der Waals surface area contributed by atoms with E-state index >= 15 is 0 Å². The number of nitrogens with zero attached hydrogens (tertiary/aromatic N) is 1. The molecule has 0 aliphatic carbocycles. The highest BCUT2D eigenvalue weighted by Gasteiger charge is 2.12. The summed E-state index contributed by atoms with van der Waals surface area (Å²) in [5.41, 5.74) is 6.70. The Kier molecular flexibility index (Phi) is 7.96. The van der Waals surface area contributed by atoms with E-state index in [1.807, 2.05) is 6.92 Å². The Morgan fingerprint density at radius 2 is 2.09 bits per heavy atom. The largest absolute Gasteiger partial charge is 0.491 e. The van der Waals surface area contributed by atoms with E-state index in [0.717, 1.165) is 12.8 Å². The fourth-order valence-corrected chi connectivity index (χ4v) is 1.82. The smallest absolute Gasteiger partial charge is 0.338 e. The van der Waals surface area contributed by atoms with E-state index in [4.69, 9.17) is 15.2 Å². The average Bonchev–Trinajstić information content (AvgIpc) is 2.53. The molecule has 0 bridgehead atoms. The second-order valence-corrected chi connectivity index (χ2v) is 5.05. The minimum absolute atomic E-state index is 0.166. The van der Waals surface area contributed by atoms with Gasteiger partial charge in [-0.3, -0.25) is 0 Å². The summed E-state index contributed by atoms with van der Waals surface area (Å²) >= 11 is 0. The van der Waals surface area contributed by atoms with Crippen LogP contribution in [0.4, 0.5) is 5.69 Å². The molecule has 0 spiro atoms. The summed E-state index contributed by atoms with van der Waals surface area (Å²) in [6.45, 7) is 4.66. The van der Waals surface area contributed by atoms with Gasteiger partial charge in [-0.25, -0.2) is 4.79 Å². The summed E-state index contributed by atoms with van der Waals surface area (Å²) in [4.78, 5) is 22.4. The number of unbranched alkanes of at least 4 members (excludes halogenated alkanes) is 1. The number of ether oxygens (including phenoxy) is 2. The lowest BCUT2D eigenvalue weighted by molar-refractivity contribution is 0.0493. The Bertz CT molecular complexity index is 491. The van der Waals surface area contributed by atoms with Crippen molar-refractivity contribution in [3.63, 3.8) is 0 Å². The molecule has 0 fully saturated rings. The zero-order valence-electron chi connectivity index (χ0n) is 13.2. The zero-order valence-corrected chi connectivity index (χ0v) is 13.2. The van der Waals surface area contributed by atoms with Gasteiger partial charge in [-0.15, -0.1) is 0 Å². The van der Waals surface area contributed by atoms with Crippen LogP contribution >= 0.6 is 0 Å². The van der Waals surface area contributed by atoms with Crippen molar-refractivity contribution in [2.45, 2.75) is 45.6 Å². The fourth-order valence-electron chi connectivity index (χ4n) is 1.82. The average molecular weight is 308 g/mol. The molecular formula is C16H24N2O4. The van der Waals surface area contributed by atoms with Crippen molar-refractivity contribution in [3.05, 3.63) is 28.7 Å². The molecule has 1 aromatic rings. The van der Waals surface area contributed by atoms with Gasteiger partial charge >= 0.3 is 5.97 Å². The summed E-state index contributed by atoms with van der Waals surface area (Å²) in [6, 6.07) is 4.49. The van der Waals surface area contributed by atoms with Crippen LogP contribution < -0.4 is 10.5 Å². The first-order valence-corrected chi connectivity index (χ1v) is 7.64. The second kappa shape index (κ2) is 9.76. The first kappa shape index (κ1) is 17.9. The topological polar surface area (TPSA) is 91.0 Å². The lowest BCUT2D eigenvalue weighted by Gasteiger charge is -2.11. The molecule has 0 amide bonds. The predicted octanol–water partition coefficient (Wildman–Crippen LogP) is 3.54. The maximum absolute atomic E-state index is 12.0. The van der Waals surface area contributed by atoms with Crippen molar-refractivity contribution in [2.75, 3.05) is 18.9 Å². The van der Waals surface area contributed by atoms with Crippen LogP contribution in [-0.2, 0) is 4.74 Å². The van der Waals surface area contributed by atoms with Crippen LogP contribution in [0.25, 0.3) is 0 Å². The molecule has 1 unspecified atom stereocenters. The normalized spacial score (nSPS) is 11.7. The van der Waals surface area contributed by atoms with Gasteiger partial charge in [0.05, 0.1) is 30.5 Å².